The van der Waals surface area contributed by atoms with Crippen molar-refractivity contribution < 1.29 is 4.73 Å². The normalized spacial score (nSPS) is 12.2. The smallest absolute Gasteiger partial charge is 0.252 e. The van der Waals surface area contributed by atoms with Crippen molar-refractivity contribution in [2.24, 2.45) is 0 Å². The molecule has 2 aromatic rings. The number of rotatable bonds is 4. The Morgan fingerprint density at radius 2 is 2.05 bits per heavy atom. The van der Waals surface area contributed by atoms with Crippen LogP contribution in [-0.4, -0.2) is 29.0 Å². The second kappa shape index (κ2) is 5.91. The molecule has 2 rings (SSSR count). The highest BCUT2D eigenvalue weighted by Crippen LogP contribution is 2.31. The topological polar surface area (TPSA) is 94.9 Å². The molecule has 8 heteroatoms. The van der Waals surface area contributed by atoms with Gasteiger partial charge in [0.25, 0.3) is 5.03 Å². The molecule has 20 heavy (non-hydrogen) atoms. The maximum atomic E-state index is 11.6. The summed E-state index contributed by atoms with van der Waals surface area (Å²) in [6, 6.07) is 5.26. The summed E-state index contributed by atoms with van der Waals surface area (Å²) in [5.41, 5.74) is 5.69. The van der Waals surface area contributed by atoms with E-state index in [1.807, 2.05) is 27.1 Å². The highest BCUT2D eigenvalue weighted by atomic mass is 32.2. The third kappa shape index (κ3) is 3.27. The van der Waals surface area contributed by atoms with Gasteiger partial charge in [0, 0.05) is 26.2 Å². The van der Waals surface area contributed by atoms with Crippen LogP contribution in [0.5, 0.6) is 0 Å². The SMILES string of the molecule is C[C@H](Sc1cccc[n+]1[O-])c1nc(N)nc(N(C)C)n1. The van der Waals surface area contributed by atoms with Crippen LogP contribution >= 0.6 is 11.8 Å². The zero-order valence-corrected chi connectivity index (χ0v) is 12.3. The van der Waals surface area contributed by atoms with E-state index in [0.717, 1.165) is 4.73 Å². The van der Waals surface area contributed by atoms with Crippen LogP contribution in [0.2, 0.25) is 0 Å². The number of nitrogen functional groups attached to an aromatic ring is 1. The van der Waals surface area contributed by atoms with Crippen LogP contribution in [0.15, 0.2) is 29.4 Å². The van der Waals surface area contributed by atoms with E-state index >= 15 is 0 Å². The molecular weight excluding hydrogens is 276 g/mol. The van der Waals surface area contributed by atoms with Gasteiger partial charge < -0.3 is 15.8 Å². The first-order chi connectivity index (χ1) is 9.47. The summed E-state index contributed by atoms with van der Waals surface area (Å²) in [4.78, 5) is 14.3. The van der Waals surface area contributed by atoms with E-state index in [1.54, 1.807) is 17.0 Å². The molecule has 0 saturated carbocycles. The van der Waals surface area contributed by atoms with Crippen molar-refractivity contribution in [2.75, 3.05) is 24.7 Å². The number of aromatic nitrogens is 4. The van der Waals surface area contributed by atoms with Crippen molar-refractivity contribution in [2.45, 2.75) is 17.2 Å². The van der Waals surface area contributed by atoms with Crippen LogP contribution in [0.4, 0.5) is 11.9 Å². The molecule has 2 N–H and O–H groups in total. The summed E-state index contributed by atoms with van der Waals surface area (Å²) in [5.74, 6) is 1.23. The molecule has 0 spiro atoms. The molecule has 106 valence electrons. The van der Waals surface area contributed by atoms with Gasteiger partial charge in [-0.1, -0.05) is 0 Å². The summed E-state index contributed by atoms with van der Waals surface area (Å²) < 4.78 is 0.818. The molecule has 1 atom stereocenters. The van der Waals surface area contributed by atoms with Gasteiger partial charge in [0.2, 0.25) is 11.9 Å². The minimum Gasteiger partial charge on any atom is -0.618 e. The van der Waals surface area contributed by atoms with E-state index in [-0.39, 0.29) is 11.2 Å². The van der Waals surface area contributed by atoms with E-state index in [4.69, 9.17) is 5.73 Å². The predicted octanol–water partition coefficient (Wildman–Crippen LogP) is 1.01. The fraction of sp³-hybridized carbons (Fsp3) is 0.333. The Bertz CT molecular complexity index is 606. The number of anilines is 2. The van der Waals surface area contributed by atoms with E-state index in [2.05, 4.69) is 15.0 Å². The molecule has 0 bridgehead atoms. The van der Waals surface area contributed by atoms with Crippen molar-refractivity contribution >= 4 is 23.7 Å². The maximum Gasteiger partial charge on any atom is 0.252 e. The van der Waals surface area contributed by atoms with Gasteiger partial charge in [-0.05, 0) is 24.8 Å². The van der Waals surface area contributed by atoms with Crippen LogP contribution in [-0.2, 0) is 0 Å². The van der Waals surface area contributed by atoms with Gasteiger partial charge in [-0.2, -0.15) is 19.7 Å². The number of nitrogens with zero attached hydrogens (tertiary/aromatic N) is 5. The number of nitrogens with two attached hydrogens (primary N) is 1. The number of hydrogen-bond donors (Lipinski definition) is 1. The first kappa shape index (κ1) is 14.3. The monoisotopic (exact) mass is 292 g/mol. The largest absolute Gasteiger partial charge is 0.618 e. The van der Waals surface area contributed by atoms with E-state index in [1.165, 1.54) is 18.0 Å². The van der Waals surface area contributed by atoms with Crippen LogP contribution in [0.3, 0.4) is 0 Å². The van der Waals surface area contributed by atoms with E-state index in [9.17, 15) is 5.21 Å². The quantitative estimate of drug-likeness (QED) is 0.510. The Morgan fingerprint density at radius 1 is 1.30 bits per heavy atom. The number of hydrogen-bond acceptors (Lipinski definition) is 7. The average molecular weight is 292 g/mol. The van der Waals surface area contributed by atoms with Crippen LogP contribution < -0.4 is 15.4 Å². The molecule has 0 aliphatic carbocycles. The molecule has 2 aromatic heterocycles. The molecule has 0 radical (unpaired) electrons. The molecule has 0 aromatic carbocycles. The van der Waals surface area contributed by atoms with Crippen molar-refractivity contribution in [3.63, 3.8) is 0 Å². The molecule has 0 aliphatic rings. The van der Waals surface area contributed by atoms with Crippen molar-refractivity contribution in [1.82, 2.24) is 15.0 Å². The average Bonchev–Trinajstić information content (AvgIpc) is 2.40. The third-order valence-corrected chi connectivity index (χ3v) is 3.63. The fourth-order valence-electron chi connectivity index (χ4n) is 1.52. The Morgan fingerprint density at radius 3 is 2.70 bits per heavy atom. The minimum atomic E-state index is -0.110. The second-order valence-electron chi connectivity index (χ2n) is 4.37. The molecule has 2 heterocycles. The van der Waals surface area contributed by atoms with Gasteiger partial charge in [0.1, 0.15) is 5.82 Å². The Labute approximate surface area is 121 Å². The highest BCUT2D eigenvalue weighted by molar-refractivity contribution is 7.99. The minimum absolute atomic E-state index is 0.110. The molecule has 0 unspecified atom stereocenters. The summed E-state index contributed by atoms with van der Waals surface area (Å²) >= 11 is 1.38. The van der Waals surface area contributed by atoms with E-state index in [0.29, 0.717) is 16.8 Å². The third-order valence-electron chi connectivity index (χ3n) is 2.51. The van der Waals surface area contributed by atoms with Crippen molar-refractivity contribution in [3.8, 4) is 0 Å². The summed E-state index contributed by atoms with van der Waals surface area (Å²) in [7, 11) is 3.66. The molecule has 0 amide bonds. The first-order valence-electron chi connectivity index (χ1n) is 6.01. The molecule has 7 nitrogen and oxygen atoms in total. The predicted molar refractivity (Wildman–Crippen MR) is 78.2 cm³/mol. The lowest BCUT2D eigenvalue weighted by Crippen LogP contribution is -2.28. The zero-order chi connectivity index (χ0) is 14.7. The van der Waals surface area contributed by atoms with Gasteiger partial charge in [0.15, 0.2) is 6.20 Å². The van der Waals surface area contributed by atoms with Crippen molar-refractivity contribution in [1.29, 1.82) is 0 Å². The van der Waals surface area contributed by atoms with Crippen LogP contribution in [0.25, 0.3) is 0 Å². The lowest BCUT2D eigenvalue weighted by Gasteiger charge is -2.14. The lowest BCUT2D eigenvalue weighted by atomic mass is 10.4. The Balaban J connectivity index is 2.25. The lowest BCUT2D eigenvalue weighted by molar-refractivity contribution is -0.645. The van der Waals surface area contributed by atoms with E-state index < -0.39 is 0 Å². The molecular formula is C12H16N6OS. The Kier molecular flexibility index (Phi) is 4.23. The standard InChI is InChI=1S/C12H16N6OS/c1-8(20-9-6-4-5-7-18(9)19)10-14-11(13)16-12(15-10)17(2)3/h4-8H,1-3H3,(H2,13,14,15,16)/t8-/m0/s1. The summed E-state index contributed by atoms with van der Waals surface area (Å²) in [6.07, 6.45) is 1.46. The summed E-state index contributed by atoms with van der Waals surface area (Å²) in [6.45, 7) is 1.92. The van der Waals surface area contributed by atoms with Crippen LogP contribution in [0, 0.1) is 5.21 Å². The zero-order valence-electron chi connectivity index (χ0n) is 11.5. The molecule has 0 aliphatic heterocycles. The fourth-order valence-corrected chi connectivity index (χ4v) is 2.41. The van der Waals surface area contributed by atoms with Gasteiger partial charge in [-0.25, -0.2) is 0 Å². The molecule has 0 saturated heterocycles. The highest BCUT2D eigenvalue weighted by Gasteiger charge is 2.18. The first-order valence-corrected chi connectivity index (χ1v) is 6.89. The van der Waals surface area contributed by atoms with Crippen molar-refractivity contribution in [3.05, 3.63) is 35.4 Å². The number of thioether (sulfide) groups is 1. The Hall–Kier alpha value is -2.09. The van der Waals surface area contributed by atoms with Gasteiger partial charge in [-0.15, -0.1) is 0 Å². The van der Waals surface area contributed by atoms with Gasteiger partial charge >= 0.3 is 0 Å². The van der Waals surface area contributed by atoms with Gasteiger partial charge in [-0.3, -0.25) is 0 Å². The van der Waals surface area contributed by atoms with Gasteiger partial charge in [0.05, 0.1) is 5.25 Å². The maximum absolute atomic E-state index is 11.6. The van der Waals surface area contributed by atoms with Crippen LogP contribution in [0.1, 0.15) is 18.0 Å². The number of pyridine rings is 1. The summed E-state index contributed by atoms with van der Waals surface area (Å²) in [5, 5.41) is 12.1. The second-order valence-corrected chi connectivity index (χ2v) is 5.73. The molecule has 0 fully saturated rings.